The van der Waals surface area contributed by atoms with E-state index >= 15 is 0 Å². The first-order chi connectivity index (χ1) is 14.4. The van der Waals surface area contributed by atoms with Crippen LogP contribution in [-0.2, 0) is 9.59 Å². The molecule has 7 nitrogen and oxygen atoms in total. The van der Waals surface area contributed by atoms with E-state index < -0.39 is 0 Å². The molecule has 0 fully saturated rings. The van der Waals surface area contributed by atoms with Crippen LogP contribution in [0.3, 0.4) is 0 Å². The Kier molecular flexibility index (Phi) is 6.30. The third-order valence-corrected chi connectivity index (χ3v) is 4.65. The van der Waals surface area contributed by atoms with E-state index in [9.17, 15) is 9.59 Å². The largest absolute Gasteiger partial charge is 0.493 e. The second-order valence-corrected chi connectivity index (χ2v) is 6.99. The van der Waals surface area contributed by atoms with Crippen LogP contribution in [0.5, 0.6) is 17.2 Å². The van der Waals surface area contributed by atoms with E-state index in [0.717, 1.165) is 5.75 Å². The summed E-state index contributed by atoms with van der Waals surface area (Å²) in [6.07, 6.45) is 0.0651. The second-order valence-electron chi connectivity index (χ2n) is 6.99. The first kappa shape index (κ1) is 21.2. The standard InChI is InChI=1S/C23H26N2O5/c1-6-25-22(26)20(15-7-12-18(28-4)19(13-15)29-5)21(23(25)27)24-16-8-10-17(11-9-16)30-14(2)3/h7-14,24H,6H2,1-5H3. The van der Waals surface area contributed by atoms with Gasteiger partial charge in [-0.1, -0.05) is 6.07 Å². The van der Waals surface area contributed by atoms with Gasteiger partial charge in [0.1, 0.15) is 11.4 Å². The molecular weight excluding hydrogens is 384 g/mol. The highest BCUT2D eigenvalue weighted by Gasteiger charge is 2.38. The van der Waals surface area contributed by atoms with Crippen LogP contribution in [0.4, 0.5) is 5.69 Å². The van der Waals surface area contributed by atoms with E-state index in [0.29, 0.717) is 28.3 Å². The summed E-state index contributed by atoms with van der Waals surface area (Å²) in [4.78, 5) is 27.1. The lowest BCUT2D eigenvalue weighted by Gasteiger charge is -2.13. The Balaban J connectivity index is 2.02. The number of anilines is 1. The molecule has 1 N–H and O–H groups in total. The molecule has 0 radical (unpaired) electrons. The monoisotopic (exact) mass is 410 g/mol. The number of carbonyl (C=O) groups is 2. The van der Waals surface area contributed by atoms with E-state index in [1.54, 1.807) is 32.2 Å². The van der Waals surface area contributed by atoms with E-state index in [4.69, 9.17) is 14.2 Å². The molecular formula is C23H26N2O5. The molecule has 7 heteroatoms. The van der Waals surface area contributed by atoms with Crippen molar-refractivity contribution in [3.63, 3.8) is 0 Å². The predicted octanol–water partition coefficient (Wildman–Crippen LogP) is 3.70. The summed E-state index contributed by atoms with van der Waals surface area (Å²) in [6.45, 7) is 5.95. The normalized spacial score (nSPS) is 13.9. The van der Waals surface area contributed by atoms with Crippen molar-refractivity contribution in [1.29, 1.82) is 0 Å². The van der Waals surface area contributed by atoms with Crippen LogP contribution in [0.15, 0.2) is 48.2 Å². The molecule has 1 aliphatic heterocycles. The number of ether oxygens (including phenoxy) is 3. The summed E-state index contributed by atoms with van der Waals surface area (Å²) in [5.41, 5.74) is 1.78. The minimum Gasteiger partial charge on any atom is -0.493 e. The van der Waals surface area contributed by atoms with Crippen LogP contribution in [0.2, 0.25) is 0 Å². The number of nitrogens with zero attached hydrogens (tertiary/aromatic N) is 1. The van der Waals surface area contributed by atoms with Gasteiger partial charge in [-0.2, -0.15) is 0 Å². The van der Waals surface area contributed by atoms with E-state index in [2.05, 4.69) is 5.32 Å². The smallest absolute Gasteiger partial charge is 0.278 e. The molecule has 3 rings (SSSR count). The van der Waals surface area contributed by atoms with E-state index in [1.807, 2.05) is 38.1 Å². The quantitative estimate of drug-likeness (QED) is 0.669. The Morgan fingerprint density at radius 2 is 1.60 bits per heavy atom. The summed E-state index contributed by atoms with van der Waals surface area (Å²) in [7, 11) is 3.06. The maximum absolute atomic E-state index is 13.0. The van der Waals surface area contributed by atoms with Crippen molar-refractivity contribution in [1.82, 2.24) is 4.90 Å². The Morgan fingerprint density at radius 3 is 2.17 bits per heavy atom. The SMILES string of the molecule is CCN1C(=O)C(Nc2ccc(OC(C)C)cc2)=C(c2ccc(OC)c(OC)c2)C1=O. The zero-order valence-electron chi connectivity index (χ0n) is 17.8. The van der Waals surface area contributed by atoms with Crippen molar-refractivity contribution in [2.75, 3.05) is 26.1 Å². The van der Waals surface area contributed by atoms with Gasteiger partial charge in [0, 0.05) is 12.2 Å². The topological polar surface area (TPSA) is 77.1 Å². The molecule has 2 aromatic rings. The molecule has 2 aromatic carbocycles. The van der Waals surface area contributed by atoms with E-state index in [1.165, 1.54) is 12.0 Å². The van der Waals surface area contributed by atoms with Crippen LogP contribution >= 0.6 is 0 Å². The highest BCUT2D eigenvalue weighted by molar-refractivity contribution is 6.36. The van der Waals surface area contributed by atoms with Crippen molar-refractivity contribution in [3.8, 4) is 17.2 Å². The van der Waals surface area contributed by atoms with Crippen LogP contribution in [0.1, 0.15) is 26.3 Å². The summed E-state index contributed by atoms with van der Waals surface area (Å²) in [6, 6.07) is 12.4. The minimum absolute atomic E-state index is 0.0651. The third kappa shape index (κ3) is 4.10. The Labute approximate surface area is 176 Å². The maximum atomic E-state index is 13.0. The van der Waals surface area contributed by atoms with Crippen molar-refractivity contribution in [2.24, 2.45) is 0 Å². The van der Waals surface area contributed by atoms with Gasteiger partial charge in [0.25, 0.3) is 11.8 Å². The summed E-state index contributed by atoms with van der Waals surface area (Å²) < 4.78 is 16.3. The predicted molar refractivity (Wildman–Crippen MR) is 115 cm³/mol. The number of nitrogens with one attached hydrogen (secondary N) is 1. The highest BCUT2D eigenvalue weighted by Crippen LogP contribution is 2.35. The van der Waals surface area contributed by atoms with Crippen molar-refractivity contribution >= 4 is 23.1 Å². The molecule has 30 heavy (non-hydrogen) atoms. The number of carbonyl (C=O) groups excluding carboxylic acids is 2. The van der Waals surface area contributed by atoms with Crippen LogP contribution in [0.25, 0.3) is 5.57 Å². The molecule has 0 saturated heterocycles. The summed E-state index contributed by atoms with van der Waals surface area (Å²) in [5.74, 6) is 1.04. The highest BCUT2D eigenvalue weighted by atomic mass is 16.5. The van der Waals surface area contributed by atoms with Gasteiger partial charge in [-0.05, 0) is 62.7 Å². The summed E-state index contributed by atoms with van der Waals surface area (Å²) in [5, 5.41) is 3.12. The zero-order chi connectivity index (χ0) is 21.8. The Hall–Kier alpha value is -3.48. The second kappa shape index (κ2) is 8.90. The average molecular weight is 410 g/mol. The van der Waals surface area contributed by atoms with Crippen molar-refractivity contribution < 1.29 is 23.8 Å². The lowest BCUT2D eigenvalue weighted by atomic mass is 10.0. The van der Waals surface area contributed by atoms with Crippen LogP contribution < -0.4 is 19.5 Å². The molecule has 0 atom stereocenters. The molecule has 0 spiro atoms. The molecule has 0 aliphatic carbocycles. The fourth-order valence-corrected chi connectivity index (χ4v) is 3.27. The first-order valence-corrected chi connectivity index (χ1v) is 9.76. The van der Waals surface area contributed by atoms with Gasteiger partial charge in [0.15, 0.2) is 11.5 Å². The zero-order valence-corrected chi connectivity index (χ0v) is 17.8. The number of benzene rings is 2. The maximum Gasteiger partial charge on any atom is 0.278 e. The molecule has 0 aromatic heterocycles. The van der Waals surface area contributed by atoms with Crippen LogP contribution in [0, 0.1) is 0 Å². The van der Waals surface area contributed by atoms with Gasteiger partial charge in [0.05, 0.1) is 25.9 Å². The lowest BCUT2D eigenvalue weighted by Crippen LogP contribution is -2.32. The Morgan fingerprint density at radius 1 is 0.933 bits per heavy atom. The molecule has 1 aliphatic rings. The van der Waals surface area contributed by atoms with Gasteiger partial charge >= 0.3 is 0 Å². The number of rotatable bonds is 8. The fraction of sp³-hybridized carbons (Fsp3) is 0.304. The van der Waals surface area contributed by atoms with Gasteiger partial charge in [-0.15, -0.1) is 0 Å². The number of likely N-dealkylation sites (N-methyl/N-ethyl adjacent to an activating group) is 1. The van der Waals surface area contributed by atoms with Gasteiger partial charge < -0.3 is 19.5 Å². The van der Waals surface area contributed by atoms with E-state index in [-0.39, 0.29) is 30.2 Å². The van der Waals surface area contributed by atoms with Crippen molar-refractivity contribution in [3.05, 3.63) is 53.7 Å². The minimum atomic E-state index is -0.366. The van der Waals surface area contributed by atoms with Gasteiger partial charge in [-0.25, -0.2) is 0 Å². The number of imide groups is 1. The van der Waals surface area contributed by atoms with Crippen LogP contribution in [-0.4, -0.2) is 43.6 Å². The number of amides is 2. The third-order valence-electron chi connectivity index (χ3n) is 4.65. The fourth-order valence-electron chi connectivity index (χ4n) is 3.27. The van der Waals surface area contributed by atoms with Gasteiger partial charge in [0.2, 0.25) is 0 Å². The molecule has 0 bridgehead atoms. The Bertz CT molecular complexity index is 980. The van der Waals surface area contributed by atoms with Crippen molar-refractivity contribution in [2.45, 2.75) is 26.9 Å². The molecule has 0 saturated carbocycles. The molecule has 2 amide bonds. The summed E-state index contributed by atoms with van der Waals surface area (Å²) >= 11 is 0. The first-order valence-electron chi connectivity index (χ1n) is 9.76. The molecule has 158 valence electrons. The molecule has 0 unspecified atom stereocenters. The molecule has 1 heterocycles. The number of hydrogen-bond donors (Lipinski definition) is 1. The lowest BCUT2D eigenvalue weighted by molar-refractivity contribution is -0.136. The number of hydrogen-bond acceptors (Lipinski definition) is 6. The average Bonchev–Trinajstić information content (AvgIpc) is 2.97. The van der Waals surface area contributed by atoms with Gasteiger partial charge in [-0.3, -0.25) is 14.5 Å². The number of methoxy groups -OCH3 is 2.